The summed E-state index contributed by atoms with van der Waals surface area (Å²) in [5, 5.41) is 4.72. The van der Waals surface area contributed by atoms with Crippen LogP contribution in [0.4, 0.5) is 11.4 Å². The van der Waals surface area contributed by atoms with Gasteiger partial charge in [-0.15, -0.1) is 11.3 Å². The van der Waals surface area contributed by atoms with Gasteiger partial charge in [0.25, 0.3) is 0 Å². The Labute approximate surface area is 198 Å². The lowest BCUT2D eigenvalue weighted by Crippen LogP contribution is -2.40. The van der Waals surface area contributed by atoms with Crippen LogP contribution in [-0.4, -0.2) is 63.8 Å². The van der Waals surface area contributed by atoms with Crippen molar-refractivity contribution in [2.45, 2.75) is 37.0 Å². The molecule has 2 fully saturated rings. The van der Waals surface area contributed by atoms with E-state index in [2.05, 4.69) is 10.2 Å². The van der Waals surface area contributed by atoms with Crippen molar-refractivity contribution >= 4 is 44.4 Å². The summed E-state index contributed by atoms with van der Waals surface area (Å²) in [4.78, 5) is 28.0. The third-order valence-corrected chi connectivity index (χ3v) is 8.73. The average molecular weight is 492 g/mol. The van der Waals surface area contributed by atoms with Crippen LogP contribution in [-0.2, 0) is 19.6 Å². The molecule has 2 saturated heterocycles. The summed E-state index contributed by atoms with van der Waals surface area (Å²) < 4.78 is 33.0. The average Bonchev–Trinajstić information content (AvgIpc) is 3.39. The van der Waals surface area contributed by atoms with E-state index in [1.165, 1.54) is 15.6 Å². The van der Waals surface area contributed by atoms with Gasteiger partial charge in [-0.2, -0.15) is 4.31 Å². The summed E-state index contributed by atoms with van der Waals surface area (Å²) in [5.74, 6) is -0.376. The summed E-state index contributed by atoms with van der Waals surface area (Å²) in [6, 6.07) is 8.51. The number of benzene rings is 1. The van der Waals surface area contributed by atoms with E-state index >= 15 is 0 Å². The lowest BCUT2D eigenvalue weighted by Gasteiger charge is -2.31. The molecule has 0 aliphatic carbocycles. The molecule has 4 rings (SSSR count). The van der Waals surface area contributed by atoms with Gasteiger partial charge in [-0.25, -0.2) is 8.42 Å². The molecule has 0 atom stereocenters. The van der Waals surface area contributed by atoms with E-state index in [1.54, 1.807) is 24.3 Å². The van der Waals surface area contributed by atoms with Crippen LogP contribution >= 0.6 is 11.3 Å². The zero-order valence-electron chi connectivity index (χ0n) is 18.5. The number of ketones is 1. The van der Waals surface area contributed by atoms with Crippen molar-refractivity contribution in [3.8, 4) is 0 Å². The number of sulfonamides is 1. The van der Waals surface area contributed by atoms with Gasteiger partial charge >= 0.3 is 0 Å². The van der Waals surface area contributed by atoms with Gasteiger partial charge < -0.3 is 15.0 Å². The Bertz CT molecular complexity index is 1070. The minimum absolute atomic E-state index is 0.0383. The third kappa shape index (κ3) is 5.81. The van der Waals surface area contributed by atoms with Gasteiger partial charge in [-0.05, 0) is 48.9 Å². The number of amides is 1. The fraction of sp³-hybridized carbons (Fsp3) is 0.478. The smallest absolute Gasteiger partial charge is 0.243 e. The maximum absolute atomic E-state index is 13.2. The third-order valence-electron chi connectivity index (χ3n) is 5.92. The summed E-state index contributed by atoms with van der Waals surface area (Å²) in [6.45, 7) is 3.07. The van der Waals surface area contributed by atoms with Crippen molar-refractivity contribution in [1.82, 2.24) is 4.31 Å². The maximum atomic E-state index is 13.2. The van der Waals surface area contributed by atoms with Crippen LogP contribution < -0.4 is 10.2 Å². The first kappa shape index (κ1) is 23.9. The van der Waals surface area contributed by atoms with Crippen LogP contribution in [0.25, 0.3) is 0 Å². The summed E-state index contributed by atoms with van der Waals surface area (Å²) >= 11 is 1.36. The van der Waals surface area contributed by atoms with Crippen molar-refractivity contribution in [2.24, 2.45) is 0 Å². The molecule has 2 aliphatic rings. The lowest BCUT2D eigenvalue weighted by atomic mass is 10.1. The Hall–Kier alpha value is -2.27. The molecule has 1 amide bonds. The highest BCUT2D eigenvalue weighted by Crippen LogP contribution is 2.32. The van der Waals surface area contributed by atoms with Crippen molar-refractivity contribution < 1.29 is 22.7 Å². The fourth-order valence-corrected chi connectivity index (χ4v) is 6.25. The van der Waals surface area contributed by atoms with Crippen LogP contribution in [0.3, 0.4) is 0 Å². The Kier molecular flexibility index (Phi) is 7.79. The molecule has 178 valence electrons. The first-order chi connectivity index (χ1) is 15.9. The number of hydrogen-bond donors (Lipinski definition) is 1. The Balaban J connectivity index is 1.54. The molecule has 0 saturated carbocycles. The molecule has 1 aromatic carbocycles. The molecule has 33 heavy (non-hydrogen) atoms. The van der Waals surface area contributed by atoms with Gasteiger partial charge in [0.05, 0.1) is 34.4 Å². The number of nitrogens with one attached hydrogen (secondary N) is 1. The Morgan fingerprint density at radius 2 is 1.76 bits per heavy atom. The number of hydrogen-bond acceptors (Lipinski definition) is 7. The zero-order chi connectivity index (χ0) is 23.3. The first-order valence-electron chi connectivity index (χ1n) is 11.3. The fourth-order valence-electron chi connectivity index (χ4n) is 4.12. The molecule has 2 aromatic rings. The molecule has 2 aliphatic heterocycles. The van der Waals surface area contributed by atoms with E-state index in [9.17, 15) is 18.0 Å². The van der Waals surface area contributed by atoms with Crippen LogP contribution in [0, 0.1) is 0 Å². The normalized spacial score (nSPS) is 17.6. The molecule has 10 heteroatoms. The second kappa shape index (κ2) is 10.8. The van der Waals surface area contributed by atoms with Gasteiger partial charge in [0, 0.05) is 39.0 Å². The minimum Gasteiger partial charge on any atom is -0.379 e. The van der Waals surface area contributed by atoms with E-state index in [0.29, 0.717) is 36.9 Å². The van der Waals surface area contributed by atoms with Gasteiger partial charge in [0.2, 0.25) is 15.9 Å². The number of carbonyl (C=O) groups is 2. The number of rotatable bonds is 8. The van der Waals surface area contributed by atoms with E-state index in [0.717, 1.165) is 38.0 Å². The number of piperidine rings is 1. The standard InChI is InChI=1S/C23H29N3O5S2/c27-21(22-5-4-16-32-22)8-9-23(28)24-19-17-18(33(29,30)26-12-14-31-15-13-26)6-7-20(19)25-10-2-1-3-11-25/h4-7,16-17H,1-3,8-15H2,(H,24,28). The maximum Gasteiger partial charge on any atom is 0.243 e. The van der Waals surface area contributed by atoms with Crippen LogP contribution in [0.2, 0.25) is 0 Å². The summed E-state index contributed by atoms with van der Waals surface area (Å²) in [7, 11) is -3.69. The monoisotopic (exact) mass is 491 g/mol. The topological polar surface area (TPSA) is 96.0 Å². The molecule has 0 radical (unpaired) electrons. The van der Waals surface area contributed by atoms with Crippen LogP contribution in [0.15, 0.2) is 40.6 Å². The number of thiophene rings is 1. The van der Waals surface area contributed by atoms with Gasteiger partial charge in [0.1, 0.15) is 0 Å². The second-order valence-electron chi connectivity index (χ2n) is 8.19. The molecule has 1 aromatic heterocycles. The van der Waals surface area contributed by atoms with E-state index in [4.69, 9.17) is 4.74 Å². The molecular weight excluding hydrogens is 462 g/mol. The summed E-state index contributed by atoms with van der Waals surface area (Å²) in [6.07, 6.45) is 3.41. The highest BCUT2D eigenvalue weighted by atomic mass is 32.2. The van der Waals surface area contributed by atoms with Crippen molar-refractivity contribution in [1.29, 1.82) is 0 Å². The molecule has 1 N–H and O–H groups in total. The van der Waals surface area contributed by atoms with E-state index < -0.39 is 10.0 Å². The predicted molar refractivity (Wildman–Crippen MR) is 129 cm³/mol. The summed E-state index contributed by atoms with van der Waals surface area (Å²) in [5.41, 5.74) is 1.29. The number of Topliss-reactive ketones (excluding diaryl/α,β-unsaturated/α-hetero) is 1. The zero-order valence-corrected chi connectivity index (χ0v) is 20.1. The molecule has 8 nitrogen and oxygen atoms in total. The Morgan fingerprint density at radius 1 is 1.00 bits per heavy atom. The Morgan fingerprint density at radius 3 is 2.45 bits per heavy atom. The number of nitrogens with zero attached hydrogens (tertiary/aromatic N) is 2. The SMILES string of the molecule is O=C(CCC(=O)c1cccs1)Nc1cc(S(=O)(=O)N2CCOCC2)ccc1N1CCCCC1. The molecule has 3 heterocycles. The van der Waals surface area contributed by atoms with Crippen LogP contribution in [0.1, 0.15) is 41.8 Å². The number of ether oxygens (including phenoxy) is 1. The van der Waals surface area contributed by atoms with Gasteiger partial charge in [-0.1, -0.05) is 6.07 Å². The molecule has 0 unspecified atom stereocenters. The largest absolute Gasteiger partial charge is 0.379 e. The first-order valence-corrected chi connectivity index (χ1v) is 13.6. The van der Waals surface area contributed by atoms with Gasteiger partial charge in [0.15, 0.2) is 5.78 Å². The highest BCUT2D eigenvalue weighted by molar-refractivity contribution is 7.89. The number of carbonyl (C=O) groups excluding carboxylic acids is 2. The molecular formula is C23H29N3O5S2. The number of anilines is 2. The van der Waals surface area contributed by atoms with Crippen molar-refractivity contribution in [3.05, 3.63) is 40.6 Å². The van der Waals surface area contributed by atoms with Crippen LogP contribution in [0.5, 0.6) is 0 Å². The highest BCUT2D eigenvalue weighted by Gasteiger charge is 2.28. The number of morpholine rings is 1. The predicted octanol–water partition coefficient (Wildman–Crippen LogP) is 3.36. The molecule has 0 spiro atoms. The van der Waals surface area contributed by atoms with Crippen molar-refractivity contribution in [3.63, 3.8) is 0 Å². The van der Waals surface area contributed by atoms with E-state index in [1.807, 2.05) is 11.4 Å². The van der Waals surface area contributed by atoms with Gasteiger partial charge in [-0.3, -0.25) is 9.59 Å². The lowest BCUT2D eigenvalue weighted by molar-refractivity contribution is -0.116. The molecule has 0 bridgehead atoms. The van der Waals surface area contributed by atoms with E-state index in [-0.39, 0.29) is 29.4 Å². The second-order valence-corrected chi connectivity index (χ2v) is 11.1. The quantitative estimate of drug-likeness (QED) is 0.569. The minimum atomic E-state index is -3.69. The van der Waals surface area contributed by atoms with Crippen molar-refractivity contribution in [2.75, 3.05) is 49.6 Å².